The second-order valence-electron chi connectivity index (χ2n) is 4.25. The number of benzene rings is 2. The van der Waals surface area contributed by atoms with Gasteiger partial charge in [-0.05, 0) is 30.8 Å². The van der Waals surface area contributed by atoms with Gasteiger partial charge in [-0.1, -0.05) is 41.9 Å². The molecule has 0 saturated carbocycles. The van der Waals surface area contributed by atoms with Crippen LogP contribution in [0.15, 0.2) is 48.5 Å². The number of nitrogens with one attached hydrogen (secondary N) is 3. The van der Waals surface area contributed by atoms with Gasteiger partial charge >= 0.3 is 6.03 Å². The Morgan fingerprint density at radius 1 is 1.00 bits per heavy atom. The van der Waals surface area contributed by atoms with Crippen LogP contribution in [0.2, 0.25) is 5.02 Å². The minimum absolute atomic E-state index is 0.318. The van der Waals surface area contributed by atoms with Gasteiger partial charge in [0.15, 0.2) is 0 Å². The second kappa shape index (κ2) is 6.93. The molecule has 2 rings (SSSR count). The van der Waals surface area contributed by atoms with Gasteiger partial charge in [-0.15, -0.1) is 0 Å². The van der Waals surface area contributed by atoms with Crippen LogP contribution in [0.3, 0.4) is 0 Å². The standard InChI is InChI=1S/C15H16ClN3O/c1-17-10-11-6-2-4-8-13(11)18-15(20)19-14-9-5-3-7-12(14)16/h2-9,17H,10H2,1H3,(H2,18,19,20). The molecule has 2 aromatic rings. The van der Waals surface area contributed by atoms with E-state index in [2.05, 4.69) is 16.0 Å². The van der Waals surface area contributed by atoms with E-state index in [1.807, 2.05) is 43.4 Å². The molecule has 5 heteroatoms. The third-order valence-electron chi connectivity index (χ3n) is 2.75. The maximum atomic E-state index is 12.0. The lowest BCUT2D eigenvalue weighted by molar-refractivity contribution is 0.262. The third-order valence-corrected chi connectivity index (χ3v) is 3.08. The molecule has 0 aromatic heterocycles. The maximum absolute atomic E-state index is 12.0. The topological polar surface area (TPSA) is 53.2 Å². The highest BCUT2D eigenvalue weighted by Gasteiger charge is 2.07. The Morgan fingerprint density at radius 2 is 1.60 bits per heavy atom. The van der Waals surface area contributed by atoms with Crippen molar-refractivity contribution in [1.82, 2.24) is 5.32 Å². The molecule has 20 heavy (non-hydrogen) atoms. The van der Waals surface area contributed by atoms with Gasteiger partial charge in [-0.2, -0.15) is 0 Å². The average molecular weight is 290 g/mol. The number of hydrogen-bond acceptors (Lipinski definition) is 2. The summed E-state index contributed by atoms with van der Waals surface area (Å²) in [5, 5.41) is 9.12. The van der Waals surface area contributed by atoms with Crippen LogP contribution in [-0.2, 0) is 6.54 Å². The molecular weight excluding hydrogens is 274 g/mol. The van der Waals surface area contributed by atoms with Crippen molar-refractivity contribution < 1.29 is 4.79 Å². The van der Waals surface area contributed by atoms with E-state index >= 15 is 0 Å². The van der Waals surface area contributed by atoms with Gasteiger partial charge in [-0.3, -0.25) is 0 Å². The predicted octanol–water partition coefficient (Wildman–Crippen LogP) is 3.70. The molecule has 0 spiro atoms. The molecule has 0 fully saturated rings. The van der Waals surface area contributed by atoms with Crippen molar-refractivity contribution in [1.29, 1.82) is 0 Å². The molecule has 0 aliphatic rings. The quantitative estimate of drug-likeness (QED) is 0.804. The van der Waals surface area contributed by atoms with Crippen molar-refractivity contribution in [2.24, 2.45) is 0 Å². The summed E-state index contributed by atoms with van der Waals surface area (Å²) in [6.45, 7) is 0.683. The van der Waals surface area contributed by atoms with E-state index in [-0.39, 0.29) is 6.03 Å². The Morgan fingerprint density at radius 3 is 2.30 bits per heavy atom. The van der Waals surface area contributed by atoms with Crippen molar-refractivity contribution in [3.8, 4) is 0 Å². The van der Waals surface area contributed by atoms with Gasteiger partial charge in [0.2, 0.25) is 0 Å². The van der Waals surface area contributed by atoms with Crippen LogP contribution in [0.5, 0.6) is 0 Å². The Bertz CT molecular complexity index is 601. The summed E-state index contributed by atoms with van der Waals surface area (Å²) in [7, 11) is 1.86. The first-order valence-electron chi connectivity index (χ1n) is 6.25. The number of urea groups is 1. The van der Waals surface area contributed by atoms with Crippen molar-refractivity contribution >= 4 is 29.0 Å². The molecule has 0 aliphatic heterocycles. The molecule has 0 atom stereocenters. The van der Waals surface area contributed by atoms with E-state index in [0.717, 1.165) is 11.3 Å². The summed E-state index contributed by atoms with van der Waals surface area (Å²) < 4.78 is 0. The Labute approximate surface area is 123 Å². The Kier molecular flexibility index (Phi) is 4.98. The fraction of sp³-hybridized carbons (Fsp3) is 0.133. The number of anilines is 2. The van der Waals surface area contributed by atoms with Crippen molar-refractivity contribution in [3.63, 3.8) is 0 Å². The van der Waals surface area contributed by atoms with Crippen LogP contribution in [0.25, 0.3) is 0 Å². The van der Waals surface area contributed by atoms with Crippen LogP contribution < -0.4 is 16.0 Å². The summed E-state index contributed by atoms with van der Waals surface area (Å²) >= 11 is 6.00. The van der Waals surface area contributed by atoms with Gasteiger partial charge in [0.25, 0.3) is 0 Å². The number of halogens is 1. The van der Waals surface area contributed by atoms with Gasteiger partial charge in [0.1, 0.15) is 0 Å². The highest BCUT2D eigenvalue weighted by molar-refractivity contribution is 6.33. The summed E-state index contributed by atoms with van der Waals surface area (Å²) in [6.07, 6.45) is 0. The van der Waals surface area contributed by atoms with Crippen LogP contribution >= 0.6 is 11.6 Å². The molecule has 0 aliphatic carbocycles. The molecule has 2 amide bonds. The van der Waals surface area contributed by atoms with Gasteiger partial charge in [0.05, 0.1) is 10.7 Å². The summed E-state index contributed by atoms with van der Waals surface area (Å²) in [5.41, 5.74) is 2.37. The molecule has 3 N–H and O–H groups in total. The molecular formula is C15H16ClN3O. The molecule has 0 unspecified atom stereocenters. The monoisotopic (exact) mass is 289 g/mol. The van der Waals surface area contributed by atoms with Crippen molar-refractivity contribution in [2.45, 2.75) is 6.54 Å². The predicted molar refractivity (Wildman–Crippen MR) is 83.3 cm³/mol. The molecule has 2 aromatic carbocycles. The maximum Gasteiger partial charge on any atom is 0.323 e. The largest absolute Gasteiger partial charge is 0.323 e. The number of carbonyl (C=O) groups is 1. The normalized spacial score (nSPS) is 10.1. The van der Waals surface area contributed by atoms with E-state index in [9.17, 15) is 4.79 Å². The lowest BCUT2D eigenvalue weighted by atomic mass is 10.2. The number of hydrogen-bond donors (Lipinski definition) is 3. The smallest absolute Gasteiger partial charge is 0.316 e. The van der Waals surface area contributed by atoms with E-state index in [1.165, 1.54) is 0 Å². The summed E-state index contributed by atoms with van der Waals surface area (Å²) in [4.78, 5) is 12.0. The second-order valence-corrected chi connectivity index (χ2v) is 4.65. The fourth-order valence-corrected chi connectivity index (χ4v) is 2.01. The summed E-state index contributed by atoms with van der Waals surface area (Å²) in [6, 6.07) is 14.4. The van der Waals surface area contributed by atoms with E-state index < -0.39 is 0 Å². The lowest BCUT2D eigenvalue weighted by Crippen LogP contribution is -2.21. The Balaban J connectivity index is 2.07. The molecule has 0 radical (unpaired) electrons. The van der Waals surface area contributed by atoms with Gasteiger partial charge in [-0.25, -0.2) is 4.79 Å². The van der Waals surface area contributed by atoms with E-state index in [4.69, 9.17) is 11.6 Å². The Hall–Kier alpha value is -2.04. The number of para-hydroxylation sites is 2. The minimum atomic E-state index is -0.318. The van der Waals surface area contributed by atoms with Gasteiger partial charge in [0, 0.05) is 12.2 Å². The van der Waals surface area contributed by atoms with Crippen LogP contribution in [0.1, 0.15) is 5.56 Å². The van der Waals surface area contributed by atoms with E-state index in [0.29, 0.717) is 17.3 Å². The fourth-order valence-electron chi connectivity index (χ4n) is 1.83. The zero-order chi connectivity index (χ0) is 14.4. The molecule has 104 valence electrons. The first-order valence-corrected chi connectivity index (χ1v) is 6.63. The van der Waals surface area contributed by atoms with E-state index in [1.54, 1.807) is 12.1 Å². The highest BCUT2D eigenvalue weighted by atomic mass is 35.5. The summed E-state index contributed by atoms with van der Waals surface area (Å²) in [5.74, 6) is 0. The van der Waals surface area contributed by atoms with Crippen LogP contribution in [-0.4, -0.2) is 13.1 Å². The number of rotatable bonds is 4. The lowest BCUT2D eigenvalue weighted by Gasteiger charge is -2.12. The SMILES string of the molecule is CNCc1ccccc1NC(=O)Nc1ccccc1Cl. The number of carbonyl (C=O) groups excluding carboxylic acids is 1. The molecule has 0 heterocycles. The molecule has 4 nitrogen and oxygen atoms in total. The van der Waals surface area contributed by atoms with Crippen molar-refractivity contribution in [2.75, 3.05) is 17.7 Å². The van der Waals surface area contributed by atoms with Crippen molar-refractivity contribution in [3.05, 3.63) is 59.1 Å². The first-order chi connectivity index (χ1) is 9.70. The highest BCUT2D eigenvalue weighted by Crippen LogP contribution is 2.21. The van der Waals surface area contributed by atoms with Crippen LogP contribution in [0.4, 0.5) is 16.2 Å². The minimum Gasteiger partial charge on any atom is -0.316 e. The third kappa shape index (κ3) is 3.73. The zero-order valence-corrected chi connectivity index (χ0v) is 11.9. The average Bonchev–Trinajstić information content (AvgIpc) is 2.44. The number of amides is 2. The van der Waals surface area contributed by atoms with Crippen LogP contribution in [0, 0.1) is 0 Å². The molecule has 0 saturated heterocycles. The molecule has 0 bridgehead atoms. The zero-order valence-electron chi connectivity index (χ0n) is 11.1. The van der Waals surface area contributed by atoms with Gasteiger partial charge < -0.3 is 16.0 Å². The first kappa shape index (κ1) is 14.4.